The highest BCUT2D eigenvalue weighted by atomic mass is 35.5. The average molecular weight is 545 g/mol. The molecule has 7 nitrogen and oxygen atoms in total. The van der Waals surface area contributed by atoms with Gasteiger partial charge in [-0.15, -0.1) is 0 Å². The number of methoxy groups -OCH3 is 2. The standard InChI is InChI=1S/C27H30ClFN4O3S/c1-35-24-8-6-18(12-25(24)36-2)20-14-31-27(32-15-20)37-16-26(34)33-23(19-4-3-9-30-13-19)11-17-5-7-22(29)21(28)10-17/h5-8,10,12,14-15,19,23,30H,3-4,9,11,13,16H2,1-2H3,(H,33,34). The topological polar surface area (TPSA) is 85.4 Å². The highest BCUT2D eigenvalue weighted by Gasteiger charge is 2.25. The van der Waals surface area contributed by atoms with Gasteiger partial charge >= 0.3 is 0 Å². The van der Waals surface area contributed by atoms with Gasteiger partial charge in [-0.2, -0.15) is 0 Å². The van der Waals surface area contributed by atoms with Crippen LogP contribution >= 0.6 is 23.4 Å². The molecule has 1 amide bonds. The Morgan fingerprint density at radius 3 is 2.62 bits per heavy atom. The number of carbonyl (C=O) groups is 1. The van der Waals surface area contributed by atoms with Gasteiger partial charge in [0.15, 0.2) is 16.7 Å². The molecule has 196 valence electrons. The first-order chi connectivity index (χ1) is 18.0. The van der Waals surface area contributed by atoms with Crippen LogP contribution in [0, 0.1) is 11.7 Å². The largest absolute Gasteiger partial charge is 0.493 e. The molecule has 2 atom stereocenters. The Morgan fingerprint density at radius 1 is 1.16 bits per heavy atom. The minimum Gasteiger partial charge on any atom is -0.493 e. The van der Waals surface area contributed by atoms with E-state index in [4.69, 9.17) is 21.1 Å². The van der Waals surface area contributed by atoms with E-state index in [1.807, 2.05) is 18.2 Å². The summed E-state index contributed by atoms with van der Waals surface area (Å²) in [4.78, 5) is 21.7. The number of ether oxygens (including phenoxy) is 2. The van der Waals surface area contributed by atoms with Gasteiger partial charge in [-0.1, -0.05) is 35.5 Å². The minimum atomic E-state index is -0.445. The third-order valence-electron chi connectivity index (χ3n) is 6.37. The van der Waals surface area contributed by atoms with Gasteiger partial charge in [-0.05, 0) is 73.7 Å². The molecule has 1 aliphatic rings. The highest BCUT2D eigenvalue weighted by molar-refractivity contribution is 7.99. The van der Waals surface area contributed by atoms with Crippen LogP contribution in [0.3, 0.4) is 0 Å². The molecule has 0 saturated carbocycles. The van der Waals surface area contributed by atoms with Crippen molar-refractivity contribution in [3.8, 4) is 22.6 Å². The van der Waals surface area contributed by atoms with Gasteiger partial charge in [-0.3, -0.25) is 4.79 Å². The van der Waals surface area contributed by atoms with Crippen LogP contribution in [-0.2, 0) is 11.2 Å². The van der Waals surface area contributed by atoms with Crippen molar-refractivity contribution >= 4 is 29.3 Å². The van der Waals surface area contributed by atoms with Crippen molar-refractivity contribution in [1.82, 2.24) is 20.6 Å². The van der Waals surface area contributed by atoms with Crippen LogP contribution in [0.1, 0.15) is 18.4 Å². The molecule has 2 aromatic carbocycles. The van der Waals surface area contributed by atoms with Crippen LogP contribution in [-0.4, -0.2) is 55.0 Å². The summed E-state index contributed by atoms with van der Waals surface area (Å²) in [5.74, 6) is 1.20. The van der Waals surface area contributed by atoms with E-state index >= 15 is 0 Å². The van der Waals surface area contributed by atoms with Gasteiger partial charge in [0.2, 0.25) is 5.91 Å². The van der Waals surface area contributed by atoms with Gasteiger partial charge in [0.05, 0.1) is 25.0 Å². The monoisotopic (exact) mass is 544 g/mol. The predicted octanol–water partition coefficient (Wildman–Crippen LogP) is 4.77. The zero-order valence-corrected chi connectivity index (χ0v) is 22.4. The molecule has 0 radical (unpaired) electrons. The van der Waals surface area contributed by atoms with Crippen molar-refractivity contribution in [2.24, 2.45) is 5.92 Å². The van der Waals surface area contributed by atoms with Crippen LogP contribution in [0.15, 0.2) is 53.9 Å². The summed E-state index contributed by atoms with van der Waals surface area (Å²) < 4.78 is 24.3. The van der Waals surface area contributed by atoms with Crippen molar-refractivity contribution in [2.75, 3.05) is 33.1 Å². The first-order valence-electron chi connectivity index (χ1n) is 12.1. The zero-order chi connectivity index (χ0) is 26.2. The second-order valence-corrected chi connectivity index (χ2v) is 10.2. The van der Waals surface area contributed by atoms with Crippen molar-refractivity contribution in [2.45, 2.75) is 30.5 Å². The Morgan fingerprint density at radius 2 is 1.95 bits per heavy atom. The summed E-state index contributed by atoms with van der Waals surface area (Å²) in [6, 6.07) is 10.2. The maximum atomic E-state index is 13.6. The molecule has 2 heterocycles. The quantitative estimate of drug-likeness (QED) is 0.281. The van der Waals surface area contributed by atoms with E-state index in [9.17, 15) is 9.18 Å². The van der Waals surface area contributed by atoms with Gasteiger partial charge in [0.1, 0.15) is 5.82 Å². The Labute approximate surface area is 225 Å². The number of benzene rings is 2. The van der Waals surface area contributed by atoms with E-state index in [0.717, 1.165) is 42.6 Å². The number of thioether (sulfide) groups is 1. The lowest BCUT2D eigenvalue weighted by Gasteiger charge is -2.31. The number of hydrogen-bond acceptors (Lipinski definition) is 7. The van der Waals surface area contributed by atoms with Gasteiger partial charge in [-0.25, -0.2) is 14.4 Å². The molecule has 0 bridgehead atoms. The summed E-state index contributed by atoms with van der Waals surface area (Å²) in [5, 5.41) is 7.20. The molecule has 3 aromatic rings. The van der Waals surface area contributed by atoms with Crippen LogP contribution in [0.5, 0.6) is 11.5 Å². The molecular formula is C27H30ClFN4O3S. The lowest BCUT2D eigenvalue weighted by Crippen LogP contribution is -2.48. The fourth-order valence-electron chi connectivity index (χ4n) is 4.41. The van der Waals surface area contributed by atoms with Crippen LogP contribution in [0.4, 0.5) is 4.39 Å². The van der Waals surface area contributed by atoms with E-state index in [1.54, 1.807) is 38.7 Å². The number of nitrogens with one attached hydrogen (secondary N) is 2. The van der Waals surface area contributed by atoms with Gasteiger partial charge in [0, 0.05) is 24.0 Å². The molecule has 1 aromatic heterocycles. The summed E-state index contributed by atoms with van der Waals surface area (Å²) >= 11 is 7.26. The molecule has 2 unspecified atom stereocenters. The number of amides is 1. The van der Waals surface area contributed by atoms with Gasteiger partial charge in [0.25, 0.3) is 0 Å². The van der Waals surface area contributed by atoms with E-state index in [1.165, 1.54) is 17.8 Å². The molecular weight excluding hydrogens is 515 g/mol. The van der Waals surface area contributed by atoms with E-state index < -0.39 is 5.82 Å². The zero-order valence-electron chi connectivity index (χ0n) is 20.8. The maximum Gasteiger partial charge on any atom is 0.230 e. The number of piperidine rings is 1. The minimum absolute atomic E-state index is 0.0872. The number of halogens is 2. The number of aromatic nitrogens is 2. The molecule has 37 heavy (non-hydrogen) atoms. The molecule has 4 rings (SSSR count). The third-order valence-corrected chi connectivity index (χ3v) is 7.53. The highest BCUT2D eigenvalue weighted by Crippen LogP contribution is 2.32. The lowest BCUT2D eigenvalue weighted by atomic mass is 9.87. The SMILES string of the molecule is COc1ccc(-c2cnc(SCC(=O)NC(Cc3ccc(F)c(Cl)c3)C3CCCNC3)nc2)cc1OC. The molecule has 0 aliphatic carbocycles. The predicted molar refractivity (Wildman–Crippen MR) is 144 cm³/mol. The van der Waals surface area contributed by atoms with Crippen LogP contribution in [0.25, 0.3) is 11.1 Å². The van der Waals surface area contributed by atoms with Crippen LogP contribution < -0.4 is 20.1 Å². The van der Waals surface area contributed by atoms with E-state index in [2.05, 4.69) is 20.6 Å². The van der Waals surface area contributed by atoms with Crippen molar-refractivity contribution < 1.29 is 18.7 Å². The first kappa shape index (κ1) is 27.2. The first-order valence-corrected chi connectivity index (χ1v) is 13.4. The van der Waals surface area contributed by atoms with Crippen LogP contribution in [0.2, 0.25) is 5.02 Å². The molecule has 10 heteroatoms. The molecule has 1 fully saturated rings. The Bertz CT molecular complexity index is 1210. The fourth-order valence-corrected chi connectivity index (χ4v) is 5.21. The molecule has 1 aliphatic heterocycles. The average Bonchev–Trinajstić information content (AvgIpc) is 2.94. The third kappa shape index (κ3) is 7.34. The maximum absolute atomic E-state index is 13.6. The summed E-state index contributed by atoms with van der Waals surface area (Å²) in [7, 11) is 3.18. The summed E-state index contributed by atoms with van der Waals surface area (Å²) in [6.45, 7) is 1.81. The van der Waals surface area contributed by atoms with Gasteiger partial charge < -0.3 is 20.1 Å². The number of carbonyl (C=O) groups excluding carboxylic acids is 1. The number of hydrogen-bond donors (Lipinski definition) is 2. The Kier molecular flexibility index (Phi) is 9.60. The summed E-state index contributed by atoms with van der Waals surface area (Å²) in [6.07, 6.45) is 6.10. The van der Waals surface area contributed by atoms with E-state index in [0.29, 0.717) is 23.1 Å². The fraction of sp³-hybridized carbons (Fsp3) is 0.370. The van der Waals surface area contributed by atoms with Crippen molar-refractivity contribution in [1.29, 1.82) is 0 Å². The van der Waals surface area contributed by atoms with E-state index in [-0.39, 0.29) is 28.6 Å². The second kappa shape index (κ2) is 13.1. The molecule has 2 N–H and O–H groups in total. The normalized spacial score (nSPS) is 16.2. The Balaban J connectivity index is 1.37. The number of nitrogens with zero attached hydrogens (tertiary/aromatic N) is 2. The lowest BCUT2D eigenvalue weighted by molar-refractivity contribution is -0.119. The second-order valence-electron chi connectivity index (χ2n) is 8.85. The van der Waals surface area contributed by atoms with Crippen molar-refractivity contribution in [3.05, 3.63) is 65.2 Å². The van der Waals surface area contributed by atoms with Crippen molar-refractivity contribution in [3.63, 3.8) is 0 Å². The summed E-state index contributed by atoms with van der Waals surface area (Å²) in [5.41, 5.74) is 2.62. The smallest absolute Gasteiger partial charge is 0.230 e. The molecule has 1 saturated heterocycles. The number of rotatable bonds is 10. The Hall–Kier alpha value is -2.88. The molecule has 0 spiro atoms.